The predicted octanol–water partition coefficient (Wildman–Crippen LogP) is 4.23. The summed E-state index contributed by atoms with van der Waals surface area (Å²) >= 11 is 3.48. The van der Waals surface area contributed by atoms with Crippen molar-refractivity contribution in [3.8, 4) is 5.75 Å². The van der Waals surface area contributed by atoms with Crippen molar-refractivity contribution in [1.29, 1.82) is 0 Å². The molecule has 0 aliphatic heterocycles. The van der Waals surface area contributed by atoms with E-state index in [0.717, 1.165) is 21.3 Å². The van der Waals surface area contributed by atoms with E-state index < -0.39 is 0 Å². The van der Waals surface area contributed by atoms with Gasteiger partial charge in [-0.1, -0.05) is 18.2 Å². The summed E-state index contributed by atoms with van der Waals surface area (Å²) < 4.78 is 19.2. The fraction of sp³-hybridized carbons (Fsp3) is 0.250. The summed E-state index contributed by atoms with van der Waals surface area (Å²) in [5.74, 6) is 0.580. The highest BCUT2D eigenvalue weighted by atomic mass is 79.9. The minimum Gasteiger partial charge on any atom is -0.493 e. The van der Waals surface area contributed by atoms with Crippen molar-refractivity contribution in [1.82, 2.24) is 0 Å². The molecule has 106 valence electrons. The summed E-state index contributed by atoms with van der Waals surface area (Å²) in [6.45, 7) is 2.57. The molecule has 2 aromatic rings. The van der Waals surface area contributed by atoms with Crippen molar-refractivity contribution in [3.63, 3.8) is 0 Å². The van der Waals surface area contributed by atoms with E-state index in [1.807, 2.05) is 25.1 Å². The SMILES string of the molecule is CCOc1ccc(C(N)Cc2ccc(F)cc2)cc1Br. The number of nitrogens with two attached hydrogens (primary N) is 1. The van der Waals surface area contributed by atoms with E-state index in [1.54, 1.807) is 12.1 Å². The van der Waals surface area contributed by atoms with Crippen LogP contribution >= 0.6 is 15.9 Å². The van der Waals surface area contributed by atoms with Crippen LogP contribution in [-0.4, -0.2) is 6.61 Å². The molecule has 4 heteroatoms. The van der Waals surface area contributed by atoms with Crippen molar-refractivity contribution < 1.29 is 9.13 Å². The maximum atomic E-state index is 12.9. The van der Waals surface area contributed by atoms with Crippen LogP contribution < -0.4 is 10.5 Å². The normalized spacial score (nSPS) is 12.2. The second-order valence-corrected chi connectivity index (χ2v) is 5.41. The summed E-state index contributed by atoms with van der Waals surface area (Å²) in [5, 5.41) is 0. The molecular weight excluding hydrogens is 321 g/mol. The van der Waals surface area contributed by atoms with Gasteiger partial charge >= 0.3 is 0 Å². The van der Waals surface area contributed by atoms with Crippen LogP contribution in [0.25, 0.3) is 0 Å². The zero-order valence-electron chi connectivity index (χ0n) is 11.3. The lowest BCUT2D eigenvalue weighted by atomic mass is 10.00. The molecule has 0 saturated heterocycles. The average molecular weight is 338 g/mol. The molecule has 0 spiro atoms. The highest BCUT2D eigenvalue weighted by molar-refractivity contribution is 9.10. The molecular formula is C16H17BrFNO. The van der Waals surface area contributed by atoms with Crippen LogP contribution in [0.15, 0.2) is 46.9 Å². The molecule has 0 bridgehead atoms. The van der Waals surface area contributed by atoms with Gasteiger partial charge in [0, 0.05) is 6.04 Å². The van der Waals surface area contributed by atoms with Gasteiger partial charge in [0.25, 0.3) is 0 Å². The molecule has 20 heavy (non-hydrogen) atoms. The van der Waals surface area contributed by atoms with Crippen LogP contribution in [-0.2, 0) is 6.42 Å². The van der Waals surface area contributed by atoms with Gasteiger partial charge in [0.2, 0.25) is 0 Å². The lowest BCUT2D eigenvalue weighted by molar-refractivity contribution is 0.338. The zero-order chi connectivity index (χ0) is 14.5. The van der Waals surface area contributed by atoms with E-state index in [1.165, 1.54) is 12.1 Å². The lowest BCUT2D eigenvalue weighted by Crippen LogP contribution is -2.13. The maximum absolute atomic E-state index is 12.9. The molecule has 0 amide bonds. The van der Waals surface area contributed by atoms with Crippen LogP contribution in [0.3, 0.4) is 0 Å². The molecule has 0 saturated carbocycles. The first kappa shape index (κ1) is 15.0. The van der Waals surface area contributed by atoms with Crippen LogP contribution in [0.4, 0.5) is 4.39 Å². The predicted molar refractivity (Wildman–Crippen MR) is 82.3 cm³/mol. The number of ether oxygens (including phenoxy) is 1. The van der Waals surface area contributed by atoms with Crippen LogP contribution in [0.2, 0.25) is 0 Å². The summed E-state index contributed by atoms with van der Waals surface area (Å²) in [6.07, 6.45) is 0.667. The van der Waals surface area contributed by atoms with Gasteiger partial charge in [-0.05, 0) is 64.7 Å². The molecule has 1 atom stereocenters. The molecule has 0 aliphatic carbocycles. The van der Waals surface area contributed by atoms with E-state index in [4.69, 9.17) is 10.5 Å². The van der Waals surface area contributed by atoms with E-state index in [2.05, 4.69) is 15.9 Å². The second-order valence-electron chi connectivity index (χ2n) is 4.56. The first-order valence-electron chi connectivity index (χ1n) is 6.52. The Balaban J connectivity index is 2.10. The molecule has 0 radical (unpaired) electrons. The Hall–Kier alpha value is -1.39. The third-order valence-corrected chi connectivity index (χ3v) is 3.67. The van der Waals surface area contributed by atoms with E-state index >= 15 is 0 Å². The van der Waals surface area contributed by atoms with Crippen LogP contribution in [0, 0.1) is 5.82 Å². The lowest BCUT2D eigenvalue weighted by Gasteiger charge is -2.14. The van der Waals surface area contributed by atoms with Gasteiger partial charge < -0.3 is 10.5 Å². The van der Waals surface area contributed by atoms with Gasteiger partial charge in [0.1, 0.15) is 11.6 Å². The standard InChI is InChI=1S/C16H17BrFNO/c1-2-20-16-8-5-12(10-14(16)17)15(19)9-11-3-6-13(18)7-4-11/h3-8,10,15H,2,9,19H2,1H3. The van der Waals surface area contributed by atoms with Gasteiger partial charge in [-0.25, -0.2) is 4.39 Å². The van der Waals surface area contributed by atoms with Gasteiger partial charge in [0.15, 0.2) is 0 Å². The summed E-state index contributed by atoms with van der Waals surface area (Å²) in [6, 6.07) is 12.1. The Morgan fingerprint density at radius 1 is 1.20 bits per heavy atom. The minimum absolute atomic E-state index is 0.132. The van der Waals surface area contributed by atoms with E-state index in [0.29, 0.717) is 13.0 Å². The third-order valence-electron chi connectivity index (χ3n) is 3.05. The van der Waals surface area contributed by atoms with Crippen LogP contribution in [0.5, 0.6) is 5.75 Å². The molecule has 2 rings (SSSR count). The largest absolute Gasteiger partial charge is 0.493 e. The van der Waals surface area contributed by atoms with Gasteiger partial charge in [0.05, 0.1) is 11.1 Å². The summed E-state index contributed by atoms with van der Waals surface area (Å²) in [4.78, 5) is 0. The molecule has 2 aromatic carbocycles. The molecule has 2 N–H and O–H groups in total. The first-order chi connectivity index (χ1) is 9.60. The smallest absolute Gasteiger partial charge is 0.133 e. The minimum atomic E-state index is -0.230. The Kier molecular flexibility index (Phi) is 5.15. The highest BCUT2D eigenvalue weighted by Gasteiger charge is 2.10. The second kappa shape index (κ2) is 6.86. The van der Waals surface area contributed by atoms with Gasteiger partial charge in [-0.2, -0.15) is 0 Å². The molecule has 1 unspecified atom stereocenters. The first-order valence-corrected chi connectivity index (χ1v) is 7.31. The zero-order valence-corrected chi connectivity index (χ0v) is 12.9. The Morgan fingerprint density at radius 2 is 1.90 bits per heavy atom. The van der Waals surface area contributed by atoms with E-state index in [-0.39, 0.29) is 11.9 Å². The fourth-order valence-electron chi connectivity index (χ4n) is 2.01. The Morgan fingerprint density at radius 3 is 2.50 bits per heavy atom. The maximum Gasteiger partial charge on any atom is 0.133 e. The number of hydrogen-bond acceptors (Lipinski definition) is 2. The topological polar surface area (TPSA) is 35.2 Å². The van der Waals surface area contributed by atoms with E-state index in [9.17, 15) is 4.39 Å². The number of halogens is 2. The van der Waals surface area contributed by atoms with Crippen molar-refractivity contribution in [2.24, 2.45) is 5.73 Å². The fourth-order valence-corrected chi connectivity index (χ4v) is 2.52. The average Bonchev–Trinajstić information content (AvgIpc) is 2.44. The van der Waals surface area contributed by atoms with Crippen molar-refractivity contribution in [2.75, 3.05) is 6.61 Å². The van der Waals surface area contributed by atoms with Crippen molar-refractivity contribution in [3.05, 3.63) is 63.9 Å². The third kappa shape index (κ3) is 3.81. The number of benzene rings is 2. The van der Waals surface area contributed by atoms with Crippen LogP contribution in [0.1, 0.15) is 24.1 Å². The summed E-state index contributed by atoms with van der Waals surface area (Å²) in [5.41, 5.74) is 8.24. The molecule has 0 heterocycles. The number of hydrogen-bond donors (Lipinski definition) is 1. The van der Waals surface area contributed by atoms with Gasteiger partial charge in [-0.3, -0.25) is 0 Å². The Bertz CT molecular complexity index is 571. The molecule has 0 fully saturated rings. The molecule has 0 aromatic heterocycles. The van der Waals surface area contributed by atoms with Gasteiger partial charge in [-0.15, -0.1) is 0 Å². The molecule has 0 aliphatic rings. The highest BCUT2D eigenvalue weighted by Crippen LogP contribution is 2.28. The van der Waals surface area contributed by atoms with Crippen molar-refractivity contribution >= 4 is 15.9 Å². The number of rotatable bonds is 5. The Labute approximate surface area is 126 Å². The quantitative estimate of drug-likeness (QED) is 0.886. The monoisotopic (exact) mass is 337 g/mol. The molecule has 2 nitrogen and oxygen atoms in total. The summed E-state index contributed by atoms with van der Waals surface area (Å²) in [7, 11) is 0. The van der Waals surface area contributed by atoms with Crippen molar-refractivity contribution in [2.45, 2.75) is 19.4 Å².